The van der Waals surface area contributed by atoms with Crippen LogP contribution in [-0.2, 0) is 0 Å². The Morgan fingerprint density at radius 1 is 1.44 bits per heavy atom. The van der Waals surface area contributed by atoms with Crippen molar-refractivity contribution in [1.29, 1.82) is 0 Å². The zero-order chi connectivity index (χ0) is 13.1. The zero-order valence-corrected chi connectivity index (χ0v) is 12.8. The monoisotopic (exact) mass is 333 g/mol. The van der Waals surface area contributed by atoms with E-state index < -0.39 is 0 Å². The van der Waals surface area contributed by atoms with Crippen molar-refractivity contribution in [3.8, 4) is 0 Å². The van der Waals surface area contributed by atoms with Gasteiger partial charge in [-0.1, -0.05) is 31.0 Å². The van der Waals surface area contributed by atoms with Gasteiger partial charge < -0.3 is 5.32 Å². The van der Waals surface area contributed by atoms with Gasteiger partial charge in [-0.15, -0.1) is 0 Å². The first-order valence-corrected chi connectivity index (χ1v) is 7.67. The zero-order valence-electron chi connectivity index (χ0n) is 10.5. The molecule has 1 aliphatic rings. The molecule has 1 aromatic rings. The minimum Gasteiger partial charge on any atom is -0.314 e. The molecule has 100 valence electrons. The Kier molecular flexibility index (Phi) is 5.05. The highest BCUT2D eigenvalue weighted by Gasteiger charge is 2.25. The highest BCUT2D eigenvalue weighted by Crippen LogP contribution is 2.38. The lowest BCUT2D eigenvalue weighted by Crippen LogP contribution is -2.33. The van der Waals surface area contributed by atoms with E-state index in [0.717, 1.165) is 31.4 Å². The van der Waals surface area contributed by atoms with Gasteiger partial charge in [-0.05, 0) is 59.3 Å². The third kappa shape index (κ3) is 3.06. The molecule has 18 heavy (non-hydrogen) atoms. The summed E-state index contributed by atoms with van der Waals surface area (Å²) in [6.07, 6.45) is 4.39. The van der Waals surface area contributed by atoms with E-state index >= 15 is 0 Å². The summed E-state index contributed by atoms with van der Waals surface area (Å²) in [5.41, 5.74) is 0.769. The van der Waals surface area contributed by atoms with Gasteiger partial charge in [0.2, 0.25) is 0 Å². The normalized spacial score (nSPS) is 24.2. The number of hydrogen-bond donors (Lipinski definition) is 1. The number of rotatable bonds is 3. The van der Waals surface area contributed by atoms with E-state index in [1.807, 2.05) is 12.1 Å². The molecule has 1 N–H and O–H groups in total. The lowest BCUT2D eigenvalue weighted by Gasteiger charge is -2.30. The molecule has 1 aliphatic carbocycles. The van der Waals surface area contributed by atoms with Gasteiger partial charge in [-0.3, -0.25) is 0 Å². The number of halogens is 3. The van der Waals surface area contributed by atoms with Gasteiger partial charge in [-0.2, -0.15) is 0 Å². The Morgan fingerprint density at radius 2 is 2.22 bits per heavy atom. The van der Waals surface area contributed by atoms with Crippen LogP contribution in [0.5, 0.6) is 0 Å². The van der Waals surface area contributed by atoms with Crippen molar-refractivity contribution in [3.05, 3.63) is 33.0 Å². The van der Waals surface area contributed by atoms with Gasteiger partial charge in [0.1, 0.15) is 5.82 Å². The molecule has 1 nitrogen and oxygen atoms in total. The minimum atomic E-state index is -0.256. The van der Waals surface area contributed by atoms with Gasteiger partial charge in [-0.25, -0.2) is 4.39 Å². The van der Waals surface area contributed by atoms with Crippen molar-refractivity contribution in [3.63, 3.8) is 0 Å². The highest BCUT2D eigenvalue weighted by molar-refractivity contribution is 9.10. The summed E-state index contributed by atoms with van der Waals surface area (Å²) in [4.78, 5) is 0. The summed E-state index contributed by atoms with van der Waals surface area (Å²) in [5.74, 6) is 0.0293. The molecule has 4 heteroatoms. The van der Waals surface area contributed by atoms with Crippen molar-refractivity contribution in [1.82, 2.24) is 5.32 Å². The first-order valence-electron chi connectivity index (χ1n) is 6.50. The molecule has 0 spiro atoms. The van der Waals surface area contributed by atoms with Crippen LogP contribution in [0.3, 0.4) is 0 Å². The molecule has 2 rings (SSSR count). The molecular formula is C14H18BrClFN. The maximum absolute atomic E-state index is 14.2. The van der Waals surface area contributed by atoms with Crippen molar-refractivity contribution in [2.75, 3.05) is 6.54 Å². The number of hydrogen-bond acceptors (Lipinski definition) is 1. The lowest BCUT2D eigenvalue weighted by atomic mass is 9.81. The summed E-state index contributed by atoms with van der Waals surface area (Å²) in [5, 5.41) is 3.67. The van der Waals surface area contributed by atoms with E-state index in [4.69, 9.17) is 11.6 Å². The van der Waals surface area contributed by atoms with E-state index in [9.17, 15) is 4.39 Å². The Morgan fingerprint density at radius 3 is 2.94 bits per heavy atom. The van der Waals surface area contributed by atoms with E-state index in [0.29, 0.717) is 10.5 Å². The van der Waals surface area contributed by atoms with Gasteiger partial charge in [0.15, 0.2) is 0 Å². The third-order valence-corrected chi connectivity index (χ3v) is 4.93. The van der Waals surface area contributed by atoms with Crippen LogP contribution in [0.4, 0.5) is 4.39 Å². The molecule has 0 heterocycles. The van der Waals surface area contributed by atoms with Crippen LogP contribution in [0.15, 0.2) is 16.6 Å². The van der Waals surface area contributed by atoms with Crippen molar-refractivity contribution >= 4 is 27.5 Å². The molecule has 0 radical (unpaired) electrons. The molecule has 0 saturated heterocycles. The quantitative estimate of drug-likeness (QED) is 0.777. The molecular weight excluding hydrogens is 317 g/mol. The standard InChI is InChI=1S/C14H18BrClFN/c1-2-18-10-5-3-4-9(8-10)11-6-7-12(15)13(16)14(11)17/h6-7,9-10,18H,2-5,8H2,1H3. The summed E-state index contributed by atoms with van der Waals surface area (Å²) in [6.45, 7) is 3.08. The van der Waals surface area contributed by atoms with Crippen molar-refractivity contribution in [2.24, 2.45) is 0 Å². The van der Waals surface area contributed by atoms with Crippen LogP contribution < -0.4 is 5.32 Å². The highest BCUT2D eigenvalue weighted by atomic mass is 79.9. The average Bonchev–Trinajstić information content (AvgIpc) is 2.37. The van der Waals surface area contributed by atoms with E-state index in [1.54, 1.807) is 0 Å². The summed E-state index contributed by atoms with van der Waals surface area (Å²) in [7, 11) is 0. The maximum Gasteiger partial charge on any atom is 0.146 e. The second kappa shape index (κ2) is 6.36. The summed E-state index contributed by atoms with van der Waals surface area (Å²) < 4.78 is 14.8. The molecule has 0 amide bonds. The lowest BCUT2D eigenvalue weighted by molar-refractivity contribution is 0.339. The third-order valence-electron chi connectivity index (χ3n) is 3.67. The van der Waals surface area contributed by atoms with Crippen LogP contribution in [0.2, 0.25) is 5.02 Å². The van der Waals surface area contributed by atoms with E-state index in [2.05, 4.69) is 28.2 Å². The molecule has 1 aromatic carbocycles. The van der Waals surface area contributed by atoms with Crippen LogP contribution in [0.1, 0.15) is 44.1 Å². The molecule has 2 atom stereocenters. The predicted molar refractivity (Wildman–Crippen MR) is 77.8 cm³/mol. The number of nitrogens with one attached hydrogen (secondary N) is 1. The molecule has 0 aliphatic heterocycles. The van der Waals surface area contributed by atoms with Gasteiger partial charge in [0.05, 0.1) is 5.02 Å². The summed E-state index contributed by atoms with van der Waals surface area (Å²) >= 11 is 9.22. The molecule has 2 unspecified atom stereocenters. The van der Waals surface area contributed by atoms with E-state index in [1.165, 1.54) is 6.42 Å². The second-order valence-electron chi connectivity index (χ2n) is 4.88. The Hall–Kier alpha value is -0.120. The molecule has 1 saturated carbocycles. The fourth-order valence-electron chi connectivity index (χ4n) is 2.80. The summed E-state index contributed by atoms with van der Waals surface area (Å²) in [6, 6.07) is 4.22. The largest absolute Gasteiger partial charge is 0.314 e. The first kappa shape index (κ1) is 14.3. The molecule has 0 bridgehead atoms. The number of benzene rings is 1. The fourth-order valence-corrected chi connectivity index (χ4v) is 3.28. The Labute approximate surface area is 121 Å². The van der Waals surface area contributed by atoms with Crippen LogP contribution >= 0.6 is 27.5 Å². The van der Waals surface area contributed by atoms with Gasteiger partial charge in [0, 0.05) is 10.5 Å². The first-order chi connectivity index (χ1) is 8.63. The minimum absolute atomic E-state index is 0.207. The van der Waals surface area contributed by atoms with Crippen LogP contribution in [-0.4, -0.2) is 12.6 Å². The van der Waals surface area contributed by atoms with Crippen molar-refractivity contribution in [2.45, 2.75) is 44.6 Å². The van der Waals surface area contributed by atoms with Crippen LogP contribution in [0, 0.1) is 5.82 Å². The smallest absolute Gasteiger partial charge is 0.146 e. The SMILES string of the molecule is CCNC1CCCC(c2ccc(Br)c(Cl)c2F)C1. The Bertz CT molecular complexity index is 423. The second-order valence-corrected chi connectivity index (χ2v) is 6.12. The fraction of sp³-hybridized carbons (Fsp3) is 0.571. The van der Waals surface area contributed by atoms with Crippen LogP contribution in [0.25, 0.3) is 0 Å². The topological polar surface area (TPSA) is 12.0 Å². The van der Waals surface area contributed by atoms with E-state index in [-0.39, 0.29) is 16.8 Å². The average molecular weight is 335 g/mol. The Balaban J connectivity index is 2.18. The molecule has 0 aromatic heterocycles. The predicted octanol–water partition coefficient (Wildman–Crippen LogP) is 4.88. The van der Waals surface area contributed by atoms with Gasteiger partial charge >= 0.3 is 0 Å². The molecule has 1 fully saturated rings. The maximum atomic E-state index is 14.2. The van der Waals surface area contributed by atoms with Crippen molar-refractivity contribution < 1.29 is 4.39 Å². The van der Waals surface area contributed by atoms with Gasteiger partial charge in [0.25, 0.3) is 0 Å².